The molecule has 0 fully saturated rings. The molecule has 0 aliphatic rings. The van der Waals surface area contributed by atoms with Crippen LogP contribution in [0, 0.1) is 6.92 Å². The molecule has 0 radical (unpaired) electrons. The molecule has 1 aromatic carbocycles. The van der Waals surface area contributed by atoms with E-state index in [-0.39, 0.29) is 5.92 Å². The number of ether oxygens (including phenoxy) is 1. The Morgan fingerprint density at radius 2 is 1.75 bits per heavy atom. The van der Waals surface area contributed by atoms with Crippen molar-refractivity contribution in [3.05, 3.63) is 53.5 Å². The molecular formula is C14H16O2. The normalized spacial score (nSPS) is 12.4. The molecule has 0 bridgehead atoms. The Balaban J connectivity index is 2.23. The van der Waals surface area contributed by atoms with Crippen LogP contribution in [-0.2, 0) is 0 Å². The average Bonchev–Trinajstić information content (AvgIpc) is 2.75. The Kier molecular flexibility index (Phi) is 3.00. The SMILES string of the molecule is COc1ccc(C(C)c2ccc(C)o2)cc1. The van der Waals surface area contributed by atoms with E-state index in [1.165, 1.54) is 5.56 Å². The smallest absolute Gasteiger partial charge is 0.118 e. The zero-order valence-electron chi connectivity index (χ0n) is 9.86. The minimum atomic E-state index is 0.277. The third-order valence-corrected chi connectivity index (χ3v) is 2.80. The monoisotopic (exact) mass is 216 g/mol. The molecule has 0 N–H and O–H groups in total. The van der Waals surface area contributed by atoms with Gasteiger partial charge in [-0.05, 0) is 36.8 Å². The second-order valence-corrected chi connectivity index (χ2v) is 3.94. The molecule has 1 unspecified atom stereocenters. The molecule has 1 aromatic heterocycles. The molecule has 2 rings (SSSR count). The van der Waals surface area contributed by atoms with Crippen LogP contribution in [0.3, 0.4) is 0 Å². The van der Waals surface area contributed by atoms with Crippen molar-refractivity contribution in [1.29, 1.82) is 0 Å². The molecule has 16 heavy (non-hydrogen) atoms. The van der Waals surface area contributed by atoms with Crippen LogP contribution in [0.2, 0.25) is 0 Å². The highest BCUT2D eigenvalue weighted by Gasteiger charge is 2.11. The standard InChI is InChI=1S/C14H16O2/c1-10-4-9-14(16-10)11(2)12-5-7-13(15-3)8-6-12/h4-9,11H,1-3H3. The zero-order chi connectivity index (χ0) is 11.5. The quantitative estimate of drug-likeness (QED) is 0.779. The molecule has 84 valence electrons. The maximum Gasteiger partial charge on any atom is 0.118 e. The number of aryl methyl sites for hydroxylation is 1. The summed E-state index contributed by atoms with van der Waals surface area (Å²) < 4.78 is 10.8. The molecule has 0 saturated carbocycles. The highest BCUT2D eigenvalue weighted by molar-refractivity contribution is 5.32. The predicted octanol–water partition coefficient (Wildman–Crippen LogP) is 3.75. The van der Waals surface area contributed by atoms with Crippen LogP contribution in [0.1, 0.15) is 29.9 Å². The second kappa shape index (κ2) is 4.44. The van der Waals surface area contributed by atoms with Crippen molar-refractivity contribution in [2.24, 2.45) is 0 Å². The van der Waals surface area contributed by atoms with Gasteiger partial charge in [-0.25, -0.2) is 0 Å². The van der Waals surface area contributed by atoms with E-state index in [0.717, 1.165) is 17.3 Å². The van der Waals surface area contributed by atoms with Crippen LogP contribution >= 0.6 is 0 Å². The molecule has 2 aromatic rings. The van der Waals surface area contributed by atoms with E-state index < -0.39 is 0 Å². The third kappa shape index (κ3) is 2.11. The minimum absolute atomic E-state index is 0.277. The molecular weight excluding hydrogens is 200 g/mol. The Morgan fingerprint density at radius 1 is 1.06 bits per heavy atom. The van der Waals surface area contributed by atoms with E-state index in [2.05, 4.69) is 19.1 Å². The number of benzene rings is 1. The van der Waals surface area contributed by atoms with Gasteiger partial charge >= 0.3 is 0 Å². The first kappa shape index (κ1) is 10.8. The lowest BCUT2D eigenvalue weighted by atomic mass is 9.99. The van der Waals surface area contributed by atoms with E-state index >= 15 is 0 Å². The lowest BCUT2D eigenvalue weighted by Gasteiger charge is -2.09. The van der Waals surface area contributed by atoms with Crippen LogP contribution in [0.5, 0.6) is 5.75 Å². The molecule has 0 saturated heterocycles. The summed E-state index contributed by atoms with van der Waals surface area (Å²) in [5.41, 5.74) is 1.23. The van der Waals surface area contributed by atoms with Crippen LogP contribution in [0.4, 0.5) is 0 Å². The zero-order valence-corrected chi connectivity index (χ0v) is 9.86. The molecule has 0 aliphatic heterocycles. The van der Waals surface area contributed by atoms with Crippen molar-refractivity contribution in [3.63, 3.8) is 0 Å². The van der Waals surface area contributed by atoms with Gasteiger partial charge in [0, 0.05) is 5.92 Å². The maximum absolute atomic E-state index is 5.63. The van der Waals surface area contributed by atoms with Gasteiger partial charge in [0.25, 0.3) is 0 Å². The number of hydrogen-bond acceptors (Lipinski definition) is 2. The van der Waals surface area contributed by atoms with Gasteiger partial charge < -0.3 is 9.15 Å². The first-order chi connectivity index (χ1) is 7.70. The Labute approximate surface area is 95.9 Å². The van der Waals surface area contributed by atoms with Crippen LogP contribution < -0.4 is 4.74 Å². The van der Waals surface area contributed by atoms with Crippen LogP contribution in [-0.4, -0.2) is 7.11 Å². The summed E-state index contributed by atoms with van der Waals surface area (Å²) in [6.45, 7) is 4.10. The molecule has 1 heterocycles. The summed E-state index contributed by atoms with van der Waals surface area (Å²) in [7, 11) is 1.67. The van der Waals surface area contributed by atoms with E-state index in [9.17, 15) is 0 Å². The molecule has 2 heteroatoms. The van der Waals surface area contributed by atoms with Crippen molar-refractivity contribution in [2.45, 2.75) is 19.8 Å². The van der Waals surface area contributed by atoms with Crippen molar-refractivity contribution in [2.75, 3.05) is 7.11 Å². The van der Waals surface area contributed by atoms with Crippen molar-refractivity contribution < 1.29 is 9.15 Å². The van der Waals surface area contributed by atoms with Gasteiger partial charge in [-0.15, -0.1) is 0 Å². The lowest BCUT2D eigenvalue weighted by molar-refractivity contribution is 0.414. The van der Waals surface area contributed by atoms with Gasteiger partial charge in [-0.2, -0.15) is 0 Å². The second-order valence-electron chi connectivity index (χ2n) is 3.94. The van der Waals surface area contributed by atoms with Crippen LogP contribution in [0.25, 0.3) is 0 Å². The Bertz CT molecular complexity index is 454. The number of methoxy groups -OCH3 is 1. The number of rotatable bonds is 3. The highest BCUT2D eigenvalue weighted by atomic mass is 16.5. The van der Waals surface area contributed by atoms with Gasteiger partial charge in [0.1, 0.15) is 17.3 Å². The maximum atomic E-state index is 5.63. The number of furan rings is 1. The van der Waals surface area contributed by atoms with Crippen LogP contribution in [0.15, 0.2) is 40.8 Å². The predicted molar refractivity (Wildman–Crippen MR) is 64.0 cm³/mol. The summed E-state index contributed by atoms with van der Waals surface area (Å²) >= 11 is 0. The Morgan fingerprint density at radius 3 is 2.25 bits per heavy atom. The molecule has 2 nitrogen and oxygen atoms in total. The summed E-state index contributed by atoms with van der Waals surface area (Å²) in [4.78, 5) is 0. The summed E-state index contributed by atoms with van der Waals surface area (Å²) in [5.74, 6) is 3.12. The van der Waals surface area contributed by atoms with Gasteiger partial charge in [0.2, 0.25) is 0 Å². The summed E-state index contributed by atoms with van der Waals surface area (Å²) in [5, 5.41) is 0. The van der Waals surface area contributed by atoms with Gasteiger partial charge in [0.15, 0.2) is 0 Å². The largest absolute Gasteiger partial charge is 0.497 e. The lowest BCUT2D eigenvalue weighted by Crippen LogP contribution is -1.94. The van der Waals surface area contributed by atoms with Gasteiger partial charge in [-0.1, -0.05) is 19.1 Å². The highest BCUT2D eigenvalue weighted by Crippen LogP contribution is 2.26. The molecule has 0 amide bonds. The molecule has 1 atom stereocenters. The summed E-state index contributed by atoms with van der Waals surface area (Å²) in [6.07, 6.45) is 0. The summed E-state index contributed by atoms with van der Waals surface area (Å²) in [6, 6.07) is 12.1. The molecule has 0 spiro atoms. The van der Waals surface area contributed by atoms with E-state index in [1.807, 2.05) is 31.2 Å². The van der Waals surface area contributed by atoms with Gasteiger partial charge in [-0.3, -0.25) is 0 Å². The van der Waals surface area contributed by atoms with E-state index in [4.69, 9.17) is 9.15 Å². The van der Waals surface area contributed by atoms with E-state index in [1.54, 1.807) is 7.11 Å². The fraction of sp³-hybridized carbons (Fsp3) is 0.286. The fourth-order valence-corrected chi connectivity index (χ4v) is 1.74. The van der Waals surface area contributed by atoms with E-state index in [0.29, 0.717) is 0 Å². The van der Waals surface area contributed by atoms with Crippen molar-refractivity contribution >= 4 is 0 Å². The first-order valence-electron chi connectivity index (χ1n) is 5.41. The van der Waals surface area contributed by atoms with Crippen molar-refractivity contribution in [3.8, 4) is 5.75 Å². The topological polar surface area (TPSA) is 22.4 Å². The fourth-order valence-electron chi connectivity index (χ4n) is 1.74. The molecule has 0 aliphatic carbocycles. The van der Waals surface area contributed by atoms with Crippen molar-refractivity contribution in [1.82, 2.24) is 0 Å². The number of hydrogen-bond donors (Lipinski definition) is 0. The third-order valence-electron chi connectivity index (χ3n) is 2.80. The Hall–Kier alpha value is -1.70. The average molecular weight is 216 g/mol. The minimum Gasteiger partial charge on any atom is -0.497 e. The van der Waals surface area contributed by atoms with Gasteiger partial charge in [0.05, 0.1) is 7.11 Å². The first-order valence-corrected chi connectivity index (χ1v) is 5.41.